The van der Waals surface area contributed by atoms with Crippen molar-refractivity contribution in [3.05, 3.63) is 95.3 Å². The molecule has 0 saturated carbocycles. The summed E-state index contributed by atoms with van der Waals surface area (Å²) in [4.78, 5) is 17.9. The van der Waals surface area contributed by atoms with E-state index in [2.05, 4.69) is 27.9 Å². The van der Waals surface area contributed by atoms with E-state index in [0.29, 0.717) is 21.8 Å². The van der Waals surface area contributed by atoms with Crippen molar-refractivity contribution in [1.29, 1.82) is 0 Å². The Labute approximate surface area is 206 Å². The van der Waals surface area contributed by atoms with Crippen molar-refractivity contribution in [3.63, 3.8) is 0 Å². The highest BCUT2D eigenvalue weighted by molar-refractivity contribution is 7.92. The molecular formula is C26H21N3O4S2. The summed E-state index contributed by atoms with van der Waals surface area (Å²) >= 11 is 1.45. The minimum absolute atomic E-state index is 0.109. The van der Waals surface area contributed by atoms with Crippen molar-refractivity contribution < 1.29 is 17.9 Å². The number of aryl methyl sites for hydroxylation is 1. The molecule has 0 fully saturated rings. The van der Waals surface area contributed by atoms with Gasteiger partial charge in [-0.1, -0.05) is 41.7 Å². The van der Waals surface area contributed by atoms with Crippen LogP contribution in [0.15, 0.2) is 94.8 Å². The SMILES string of the molecule is COc1ccc(S(=O)(=O)Nc2ccc(C(=O)N=c3sc4ccc5ccccc5c4n3C)cc2)cc1. The first-order valence-electron chi connectivity index (χ1n) is 10.7. The molecule has 0 unspecified atom stereocenters. The third-order valence-electron chi connectivity index (χ3n) is 5.64. The van der Waals surface area contributed by atoms with Gasteiger partial charge in [-0.25, -0.2) is 8.42 Å². The Morgan fingerprint density at radius 1 is 0.943 bits per heavy atom. The van der Waals surface area contributed by atoms with Crippen molar-refractivity contribution in [2.45, 2.75) is 4.90 Å². The number of nitrogens with one attached hydrogen (secondary N) is 1. The summed E-state index contributed by atoms with van der Waals surface area (Å²) < 4.78 is 35.8. The number of carbonyl (C=O) groups is 1. The van der Waals surface area contributed by atoms with Crippen LogP contribution in [0.3, 0.4) is 0 Å². The maximum absolute atomic E-state index is 12.9. The number of hydrogen-bond donors (Lipinski definition) is 1. The number of hydrogen-bond acceptors (Lipinski definition) is 5. The molecule has 0 saturated heterocycles. The van der Waals surface area contributed by atoms with Crippen molar-refractivity contribution in [2.75, 3.05) is 11.8 Å². The minimum atomic E-state index is -3.77. The number of nitrogens with zero attached hydrogens (tertiary/aromatic N) is 2. The molecule has 1 heterocycles. The van der Waals surface area contributed by atoms with Crippen molar-refractivity contribution in [2.24, 2.45) is 12.0 Å². The summed E-state index contributed by atoms with van der Waals surface area (Å²) in [5, 5.41) is 2.23. The molecule has 0 atom stereocenters. The molecule has 0 aliphatic rings. The van der Waals surface area contributed by atoms with Crippen LogP contribution in [0.25, 0.3) is 21.0 Å². The summed E-state index contributed by atoms with van der Waals surface area (Å²) in [5.74, 6) is 0.164. The highest BCUT2D eigenvalue weighted by Crippen LogP contribution is 2.26. The van der Waals surface area contributed by atoms with Crippen molar-refractivity contribution in [3.8, 4) is 5.75 Å². The molecule has 1 aromatic heterocycles. The largest absolute Gasteiger partial charge is 0.497 e. The van der Waals surface area contributed by atoms with Crippen LogP contribution in [-0.4, -0.2) is 26.0 Å². The van der Waals surface area contributed by atoms with Crippen LogP contribution in [0.4, 0.5) is 5.69 Å². The highest BCUT2D eigenvalue weighted by atomic mass is 32.2. The lowest BCUT2D eigenvalue weighted by molar-refractivity contribution is 0.0998. The molecule has 7 nitrogen and oxygen atoms in total. The molecule has 0 bridgehead atoms. The third-order valence-corrected chi connectivity index (χ3v) is 8.13. The first kappa shape index (κ1) is 22.8. The molecule has 0 aliphatic carbocycles. The van der Waals surface area contributed by atoms with E-state index in [1.165, 1.54) is 30.6 Å². The first-order valence-corrected chi connectivity index (χ1v) is 13.0. The van der Waals surface area contributed by atoms with Crippen LogP contribution in [-0.2, 0) is 17.1 Å². The number of fused-ring (bicyclic) bond motifs is 3. The van der Waals surface area contributed by atoms with Gasteiger partial charge in [0, 0.05) is 23.7 Å². The van der Waals surface area contributed by atoms with E-state index in [9.17, 15) is 13.2 Å². The number of ether oxygens (including phenoxy) is 1. The van der Waals surface area contributed by atoms with Crippen LogP contribution in [0.1, 0.15) is 10.4 Å². The number of anilines is 1. The molecule has 4 aromatic carbocycles. The molecule has 1 amide bonds. The summed E-state index contributed by atoms with van der Waals surface area (Å²) in [6, 6.07) is 24.5. The zero-order valence-corrected chi connectivity index (χ0v) is 20.6. The molecule has 5 aromatic rings. The second kappa shape index (κ2) is 9.01. The molecule has 35 heavy (non-hydrogen) atoms. The van der Waals surface area contributed by atoms with Gasteiger partial charge in [0.15, 0.2) is 4.80 Å². The zero-order chi connectivity index (χ0) is 24.6. The van der Waals surface area contributed by atoms with Gasteiger partial charge >= 0.3 is 0 Å². The van der Waals surface area contributed by atoms with E-state index in [-0.39, 0.29) is 4.90 Å². The Morgan fingerprint density at radius 2 is 1.66 bits per heavy atom. The summed E-state index contributed by atoms with van der Waals surface area (Å²) in [5.41, 5.74) is 1.74. The predicted molar refractivity (Wildman–Crippen MR) is 138 cm³/mol. The van der Waals surface area contributed by atoms with Crippen LogP contribution >= 0.6 is 11.3 Å². The van der Waals surface area contributed by atoms with Gasteiger partial charge in [0.25, 0.3) is 15.9 Å². The fraction of sp³-hybridized carbons (Fsp3) is 0.0769. The smallest absolute Gasteiger partial charge is 0.279 e. The van der Waals surface area contributed by atoms with Crippen molar-refractivity contribution >= 4 is 53.9 Å². The van der Waals surface area contributed by atoms with E-state index >= 15 is 0 Å². The van der Waals surface area contributed by atoms with Crippen LogP contribution in [0.2, 0.25) is 0 Å². The monoisotopic (exact) mass is 503 g/mol. The van der Waals surface area contributed by atoms with Crippen LogP contribution in [0, 0.1) is 0 Å². The molecular weight excluding hydrogens is 482 g/mol. The van der Waals surface area contributed by atoms with E-state index in [4.69, 9.17) is 4.74 Å². The van der Waals surface area contributed by atoms with Gasteiger partial charge < -0.3 is 9.30 Å². The molecule has 1 N–H and O–H groups in total. The standard InChI is InChI=1S/C26H21N3O4S2/c1-29-24-22-6-4-3-5-17(22)9-16-23(24)34-26(29)27-25(30)18-7-10-19(11-8-18)28-35(31,32)21-14-12-20(33-2)13-15-21/h3-16,28H,1-2H3. The number of thiazole rings is 1. The summed E-state index contributed by atoms with van der Waals surface area (Å²) in [6.07, 6.45) is 0. The van der Waals surface area contributed by atoms with E-state index in [1.807, 2.05) is 29.8 Å². The number of sulfonamides is 1. The Morgan fingerprint density at radius 3 is 2.37 bits per heavy atom. The van der Waals surface area contributed by atoms with Gasteiger partial charge in [0.1, 0.15) is 5.75 Å². The minimum Gasteiger partial charge on any atom is -0.497 e. The second-order valence-electron chi connectivity index (χ2n) is 7.85. The lowest BCUT2D eigenvalue weighted by Gasteiger charge is -2.09. The zero-order valence-electron chi connectivity index (χ0n) is 18.9. The Bertz CT molecular complexity index is 1730. The lowest BCUT2D eigenvalue weighted by Crippen LogP contribution is -2.14. The van der Waals surface area contributed by atoms with E-state index < -0.39 is 15.9 Å². The fourth-order valence-electron chi connectivity index (χ4n) is 3.82. The number of methoxy groups -OCH3 is 1. The van der Waals surface area contributed by atoms with E-state index in [1.54, 1.807) is 36.4 Å². The van der Waals surface area contributed by atoms with Gasteiger partial charge in [0.2, 0.25) is 0 Å². The number of rotatable bonds is 5. The normalized spacial score (nSPS) is 12.2. The highest BCUT2D eigenvalue weighted by Gasteiger charge is 2.15. The average molecular weight is 504 g/mol. The quantitative estimate of drug-likeness (QED) is 0.368. The Kier molecular flexibility index (Phi) is 5.88. The Balaban J connectivity index is 1.40. The molecule has 0 aliphatic heterocycles. The van der Waals surface area contributed by atoms with Gasteiger partial charge in [-0.3, -0.25) is 9.52 Å². The summed E-state index contributed by atoms with van der Waals surface area (Å²) in [6.45, 7) is 0. The van der Waals surface area contributed by atoms with Crippen LogP contribution < -0.4 is 14.3 Å². The fourth-order valence-corrected chi connectivity index (χ4v) is 5.92. The average Bonchev–Trinajstić information content (AvgIpc) is 3.19. The molecule has 0 radical (unpaired) electrons. The summed E-state index contributed by atoms with van der Waals surface area (Å²) in [7, 11) is -0.363. The van der Waals surface area contributed by atoms with Gasteiger partial charge in [-0.15, -0.1) is 0 Å². The van der Waals surface area contributed by atoms with Gasteiger partial charge in [-0.2, -0.15) is 4.99 Å². The number of amides is 1. The molecule has 5 rings (SSSR count). The first-order chi connectivity index (χ1) is 16.9. The predicted octanol–water partition coefficient (Wildman–Crippen LogP) is 4.94. The number of carbonyl (C=O) groups excluding carboxylic acids is 1. The molecule has 176 valence electrons. The number of aromatic nitrogens is 1. The van der Waals surface area contributed by atoms with Crippen molar-refractivity contribution in [1.82, 2.24) is 4.57 Å². The maximum Gasteiger partial charge on any atom is 0.279 e. The second-order valence-corrected chi connectivity index (χ2v) is 10.5. The topological polar surface area (TPSA) is 89.8 Å². The van der Waals surface area contributed by atoms with E-state index in [0.717, 1.165) is 21.0 Å². The Hall–Kier alpha value is -3.95. The van der Waals surface area contributed by atoms with Crippen LogP contribution in [0.5, 0.6) is 5.75 Å². The maximum atomic E-state index is 12.9. The van der Waals surface area contributed by atoms with Gasteiger partial charge in [0.05, 0.1) is 22.2 Å². The van der Waals surface area contributed by atoms with Gasteiger partial charge in [-0.05, 0) is 60.0 Å². The molecule has 0 spiro atoms. The lowest BCUT2D eigenvalue weighted by atomic mass is 10.1. The molecule has 9 heteroatoms. The number of benzene rings is 4. The third kappa shape index (κ3) is 4.43.